The van der Waals surface area contributed by atoms with Gasteiger partial charge in [0.1, 0.15) is 25.6 Å². The maximum Gasteiger partial charge on any atom is 0.212 e. The van der Waals surface area contributed by atoms with Gasteiger partial charge in [0.05, 0.1) is 0 Å². The van der Waals surface area contributed by atoms with E-state index in [1.807, 2.05) is 59.9 Å². The molecule has 6 rings (SSSR count). The van der Waals surface area contributed by atoms with Gasteiger partial charge in [-0.3, -0.25) is 0 Å². The van der Waals surface area contributed by atoms with Crippen LogP contribution in [0.1, 0.15) is 22.3 Å². The Kier molecular flexibility index (Phi) is 3.56. The molecule has 0 N–H and O–H groups in total. The minimum absolute atomic E-state index is 0.855. The second-order valence-corrected chi connectivity index (χ2v) is 7.72. The lowest BCUT2D eigenvalue weighted by molar-refractivity contribution is -0.671. The number of fused-ring (bicyclic) bond motifs is 4. The summed E-state index contributed by atoms with van der Waals surface area (Å²) in [6.07, 6.45) is 8.19. The molecule has 2 aliphatic heterocycles. The fourth-order valence-corrected chi connectivity index (χ4v) is 4.31. The molecule has 0 amide bonds. The first-order chi connectivity index (χ1) is 14.7. The molecule has 30 heavy (non-hydrogen) atoms. The third-order valence-corrected chi connectivity index (χ3v) is 5.67. The first-order valence-electron chi connectivity index (χ1n) is 9.97. The predicted octanol–water partition coefficient (Wildman–Crippen LogP) is 4.55. The van der Waals surface area contributed by atoms with Crippen molar-refractivity contribution >= 4 is 11.1 Å². The van der Waals surface area contributed by atoms with Crippen molar-refractivity contribution in [2.45, 2.75) is 0 Å². The van der Waals surface area contributed by atoms with Crippen LogP contribution in [0.4, 0.5) is 0 Å². The molecule has 0 atom stereocenters. The van der Waals surface area contributed by atoms with Gasteiger partial charge in [0, 0.05) is 45.5 Å². The van der Waals surface area contributed by atoms with Crippen molar-refractivity contribution in [1.29, 1.82) is 0 Å². The summed E-state index contributed by atoms with van der Waals surface area (Å²) in [6, 6.07) is 20.8. The van der Waals surface area contributed by atoms with E-state index in [9.17, 15) is 0 Å². The van der Waals surface area contributed by atoms with Crippen LogP contribution in [0.25, 0.3) is 11.1 Å². The van der Waals surface area contributed by atoms with Crippen molar-refractivity contribution in [2.24, 2.45) is 14.1 Å². The highest BCUT2D eigenvalue weighted by Crippen LogP contribution is 2.52. The quantitative estimate of drug-likeness (QED) is 0.355. The summed E-state index contributed by atoms with van der Waals surface area (Å²) in [7, 11) is 4.02. The number of pyridine rings is 2. The van der Waals surface area contributed by atoms with Crippen LogP contribution >= 0.6 is 0 Å². The number of aromatic nitrogens is 2. The van der Waals surface area contributed by atoms with Gasteiger partial charge in [0.15, 0.2) is 23.9 Å². The van der Waals surface area contributed by atoms with Gasteiger partial charge in [-0.25, -0.2) is 9.13 Å². The Hall–Kier alpha value is -3.92. The van der Waals surface area contributed by atoms with Crippen LogP contribution in [-0.4, -0.2) is 0 Å². The molecule has 4 aromatic rings. The normalized spacial score (nSPS) is 15.8. The highest BCUT2D eigenvalue weighted by atomic mass is 16.5. The number of ether oxygens (including phenoxy) is 2. The number of benzene rings is 2. The van der Waals surface area contributed by atoms with E-state index in [2.05, 4.69) is 48.8 Å². The van der Waals surface area contributed by atoms with Crippen molar-refractivity contribution < 1.29 is 18.6 Å². The molecule has 2 aliphatic rings. The Labute approximate surface area is 174 Å². The number of rotatable bonds is 0. The van der Waals surface area contributed by atoms with Crippen molar-refractivity contribution in [1.82, 2.24) is 0 Å². The van der Waals surface area contributed by atoms with Crippen LogP contribution < -0.4 is 18.6 Å². The van der Waals surface area contributed by atoms with Crippen molar-refractivity contribution in [3.63, 3.8) is 0 Å². The molecule has 0 unspecified atom stereocenters. The smallest absolute Gasteiger partial charge is 0.212 e. The molecular weight excluding hydrogens is 372 g/mol. The van der Waals surface area contributed by atoms with Crippen LogP contribution in [0.2, 0.25) is 0 Å². The molecule has 2 aromatic carbocycles. The summed E-state index contributed by atoms with van der Waals surface area (Å²) in [5, 5.41) is 0. The summed E-state index contributed by atoms with van der Waals surface area (Å²) >= 11 is 0. The Bertz CT molecular complexity index is 1270. The average molecular weight is 392 g/mol. The van der Waals surface area contributed by atoms with Crippen LogP contribution in [0, 0.1) is 0 Å². The van der Waals surface area contributed by atoms with E-state index >= 15 is 0 Å². The second kappa shape index (κ2) is 6.29. The van der Waals surface area contributed by atoms with Gasteiger partial charge in [-0.15, -0.1) is 0 Å². The highest BCUT2D eigenvalue weighted by molar-refractivity contribution is 6.09. The SMILES string of the molecule is C[n+]1ccc2c(c1)Oc1ccccc1/C2=C1\c2ccccc2Oc2c[n+](C)ccc21. The van der Waals surface area contributed by atoms with Gasteiger partial charge in [-0.2, -0.15) is 0 Å². The van der Waals surface area contributed by atoms with Crippen LogP contribution in [0.3, 0.4) is 0 Å². The molecule has 0 aliphatic carbocycles. The van der Waals surface area contributed by atoms with Gasteiger partial charge in [-0.05, 0) is 12.1 Å². The zero-order valence-electron chi connectivity index (χ0n) is 16.8. The first kappa shape index (κ1) is 17.0. The molecule has 0 saturated carbocycles. The number of nitrogens with zero attached hydrogens (tertiary/aromatic N) is 2. The summed E-state index contributed by atoms with van der Waals surface area (Å²) in [4.78, 5) is 0. The largest absolute Gasteiger partial charge is 0.450 e. The molecule has 4 heteroatoms. The topological polar surface area (TPSA) is 26.2 Å². The molecule has 0 spiro atoms. The zero-order valence-corrected chi connectivity index (χ0v) is 16.8. The number of para-hydroxylation sites is 2. The Morgan fingerprint density at radius 2 is 0.900 bits per heavy atom. The fourth-order valence-electron chi connectivity index (χ4n) is 4.31. The van der Waals surface area contributed by atoms with Gasteiger partial charge in [-0.1, -0.05) is 36.4 Å². The lowest BCUT2D eigenvalue weighted by atomic mass is 9.83. The molecule has 4 heterocycles. The molecule has 0 saturated heterocycles. The molecule has 0 radical (unpaired) electrons. The lowest BCUT2D eigenvalue weighted by Gasteiger charge is -2.28. The van der Waals surface area contributed by atoms with Crippen molar-refractivity contribution in [3.05, 3.63) is 108 Å². The Morgan fingerprint density at radius 3 is 1.37 bits per heavy atom. The minimum atomic E-state index is 0.855. The number of hydrogen-bond acceptors (Lipinski definition) is 2. The summed E-state index contributed by atoms with van der Waals surface area (Å²) in [5.74, 6) is 3.44. The third kappa shape index (κ3) is 2.47. The maximum atomic E-state index is 6.28. The van der Waals surface area contributed by atoms with Crippen LogP contribution in [0.5, 0.6) is 23.0 Å². The molecule has 0 fully saturated rings. The second-order valence-electron chi connectivity index (χ2n) is 7.72. The summed E-state index contributed by atoms with van der Waals surface area (Å²) in [6.45, 7) is 0. The number of hydrogen-bond donors (Lipinski definition) is 0. The fraction of sp³-hybridized carbons (Fsp3) is 0.0769. The van der Waals surface area contributed by atoms with Gasteiger partial charge < -0.3 is 9.47 Å². The van der Waals surface area contributed by atoms with E-state index in [4.69, 9.17) is 9.47 Å². The van der Waals surface area contributed by atoms with Gasteiger partial charge >= 0.3 is 0 Å². The third-order valence-electron chi connectivity index (χ3n) is 5.67. The van der Waals surface area contributed by atoms with Crippen LogP contribution in [0.15, 0.2) is 85.5 Å². The van der Waals surface area contributed by atoms with E-state index in [1.54, 1.807) is 0 Å². The Balaban J connectivity index is 1.78. The van der Waals surface area contributed by atoms with Crippen LogP contribution in [-0.2, 0) is 14.1 Å². The number of aryl methyl sites for hydroxylation is 2. The van der Waals surface area contributed by atoms with E-state index in [1.165, 1.54) is 11.1 Å². The van der Waals surface area contributed by atoms with E-state index < -0.39 is 0 Å². The first-order valence-corrected chi connectivity index (χ1v) is 9.97. The van der Waals surface area contributed by atoms with E-state index in [-0.39, 0.29) is 0 Å². The highest BCUT2D eigenvalue weighted by Gasteiger charge is 2.32. The molecule has 2 aromatic heterocycles. The van der Waals surface area contributed by atoms with Gasteiger partial charge in [0.2, 0.25) is 12.4 Å². The Morgan fingerprint density at radius 1 is 0.500 bits per heavy atom. The zero-order chi connectivity index (χ0) is 20.2. The lowest BCUT2D eigenvalue weighted by Crippen LogP contribution is -2.28. The average Bonchev–Trinajstić information content (AvgIpc) is 2.76. The summed E-state index contributed by atoms with van der Waals surface area (Å²) < 4.78 is 16.6. The predicted molar refractivity (Wildman–Crippen MR) is 113 cm³/mol. The molecular formula is C26H20N2O2+2. The van der Waals surface area contributed by atoms with Crippen molar-refractivity contribution in [3.8, 4) is 23.0 Å². The molecule has 0 bridgehead atoms. The minimum Gasteiger partial charge on any atom is -0.450 e. The van der Waals surface area contributed by atoms with Crippen molar-refractivity contribution in [2.75, 3.05) is 0 Å². The van der Waals surface area contributed by atoms with Gasteiger partial charge in [0.25, 0.3) is 0 Å². The summed E-state index contributed by atoms with van der Waals surface area (Å²) in [5.41, 5.74) is 6.67. The van der Waals surface area contributed by atoms with E-state index in [0.717, 1.165) is 45.3 Å². The van der Waals surface area contributed by atoms with E-state index in [0.29, 0.717) is 0 Å². The standard InChI is InChI=1S/C26H20N2O2/c1-27-13-11-19-23(15-27)29-21-9-5-3-7-17(21)25(19)26-18-8-4-6-10-22(18)30-24-16-28(2)14-12-20(24)26/h3-16H,1-2H3/q+2/b26-25-. The monoisotopic (exact) mass is 392 g/mol. The molecule has 144 valence electrons. The maximum absolute atomic E-state index is 6.28. The molecule has 4 nitrogen and oxygen atoms in total.